The number of nitrogens with zero attached hydrogens (tertiary/aromatic N) is 1. The van der Waals surface area contributed by atoms with Crippen LogP contribution in [0.3, 0.4) is 0 Å². The van der Waals surface area contributed by atoms with Gasteiger partial charge >= 0.3 is 6.09 Å². The number of halogens is 1. The molecule has 228 valence electrons. The number of methoxy groups -OCH3 is 1. The van der Waals surface area contributed by atoms with Gasteiger partial charge in [-0.05, 0) is 53.8 Å². The third kappa shape index (κ3) is 8.01. The largest absolute Gasteiger partial charge is 0.441 e. The molecule has 0 saturated carbocycles. The van der Waals surface area contributed by atoms with E-state index in [0.717, 1.165) is 16.5 Å². The Balaban J connectivity index is 1.59. The molecule has 41 heavy (non-hydrogen) atoms. The number of hydrogen-bond donors (Lipinski definition) is 2. The summed E-state index contributed by atoms with van der Waals surface area (Å²) in [6, 6.07) is 8.96. The van der Waals surface area contributed by atoms with Crippen molar-refractivity contribution < 1.29 is 48.3 Å². The fourth-order valence-corrected chi connectivity index (χ4v) is 5.70. The van der Waals surface area contributed by atoms with Gasteiger partial charge in [0, 0.05) is 20.1 Å². The highest BCUT2D eigenvalue weighted by Gasteiger charge is 2.55. The minimum absolute atomic E-state index is 0.0144. The molecular weight excluding hydrogens is 602 g/mol. The molecule has 12 heteroatoms. The molecule has 11 nitrogen and oxygen atoms in total. The van der Waals surface area contributed by atoms with Crippen LogP contribution in [0.4, 0.5) is 4.79 Å². The minimum atomic E-state index is -1.94. The van der Waals surface area contributed by atoms with E-state index in [1.807, 2.05) is 44.2 Å². The van der Waals surface area contributed by atoms with E-state index < -0.39 is 53.5 Å². The topological polar surface area (TPSA) is 141 Å². The number of aliphatic hydroxyl groups is 2. The SMILES string of the molecule is CO[C@H](C(=O)N1C(=O)OC(C)(C)[C@@H]1C(C)C)[C@@H]1O[C@](O)(CCCOC[C@@H](CO)OCc2ccccc2)C(Br)=CC1=O. The molecule has 2 heterocycles. The fraction of sp³-hybridized carbons (Fsp3) is 0.621. The second-order valence-electron chi connectivity index (χ2n) is 11.0. The zero-order valence-corrected chi connectivity index (χ0v) is 25.7. The Morgan fingerprint density at radius 1 is 1.20 bits per heavy atom. The second kappa shape index (κ2) is 14.3. The average molecular weight is 643 g/mol. The summed E-state index contributed by atoms with van der Waals surface area (Å²) in [7, 11) is 1.23. The van der Waals surface area contributed by atoms with Crippen LogP contribution in [-0.2, 0) is 39.9 Å². The van der Waals surface area contributed by atoms with Crippen LogP contribution in [-0.4, -0.2) is 95.6 Å². The first kappa shape index (κ1) is 33.3. The first-order chi connectivity index (χ1) is 19.3. The van der Waals surface area contributed by atoms with Gasteiger partial charge in [-0.1, -0.05) is 44.2 Å². The van der Waals surface area contributed by atoms with Gasteiger partial charge in [-0.15, -0.1) is 0 Å². The molecule has 2 N–H and O–H groups in total. The molecular formula is C29H40BrNO10. The lowest BCUT2D eigenvalue weighted by atomic mass is 9.88. The summed E-state index contributed by atoms with van der Waals surface area (Å²) >= 11 is 3.21. The van der Waals surface area contributed by atoms with Crippen molar-refractivity contribution in [3.8, 4) is 0 Å². The molecule has 1 fully saturated rings. The first-order valence-electron chi connectivity index (χ1n) is 13.6. The molecule has 0 aliphatic carbocycles. The smallest absolute Gasteiger partial charge is 0.417 e. The standard InChI is InChI=1S/C29H40BrNO10/c1-18(2)25-28(3,4)41-27(35)31(25)26(34)24(37-5)23-21(33)14-22(30)29(36,40-23)12-9-13-38-17-20(15-32)39-16-19-10-7-6-8-11-19/h6-8,10-11,14,18,20,23-25,32,36H,9,12-13,15-17H2,1-5H3/t20-,23-,24+,25+,29-/m1/s1. The maximum Gasteiger partial charge on any atom is 0.417 e. The molecule has 0 bridgehead atoms. The van der Waals surface area contributed by atoms with E-state index in [1.54, 1.807) is 13.8 Å². The van der Waals surface area contributed by atoms with E-state index in [4.69, 9.17) is 23.7 Å². The summed E-state index contributed by atoms with van der Waals surface area (Å²) in [4.78, 5) is 40.1. The molecule has 2 aliphatic heterocycles. The number of imide groups is 1. The number of hydrogen-bond acceptors (Lipinski definition) is 10. The van der Waals surface area contributed by atoms with Gasteiger partial charge < -0.3 is 33.9 Å². The van der Waals surface area contributed by atoms with Gasteiger partial charge in [0.1, 0.15) is 11.7 Å². The predicted octanol–water partition coefficient (Wildman–Crippen LogP) is 3.09. The summed E-state index contributed by atoms with van der Waals surface area (Å²) in [6.07, 6.45) is -2.89. The molecule has 5 atom stereocenters. The Bertz CT molecular complexity index is 1090. The van der Waals surface area contributed by atoms with Crippen LogP contribution >= 0.6 is 15.9 Å². The van der Waals surface area contributed by atoms with Crippen molar-refractivity contribution in [2.45, 2.75) is 82.9 Å². The molecule has 1 saturated heterocycles. The summed E-state index contributed by atoms with van der Waals surface area (Å²) in [6.45, 7) is 7.60. The molecule has 2 aliphatic rings. The molecule has 0 spiro atoms. The van der Waals surface area contributed by atoms with Crippen molar-refractivity contribution in [3.05, 3.63) is 46.5 Å². The Labute approximate surface area is 248 Å². The molecule has 2 amide bonds. The highest BCUT2D eigenvalue weighted by Crippen LogP contribution is 2.38. The number of ether oxygens (including phenoxy) is 5. The number of aliphatic hydroxyl groups excluding tert-OH is 1. The zero-order chi connectivity index (χ0) is 30.4. The summed E-state index contributed by atoms with van der Waals surface area (Å²) in [5, 5.41) is 20.9. The summed E-state index contributed by atoms with van der Waals surface area (Å²) < 4.78 is 28.1. The highest BCUT2D eigenvalue weighted by molar-refractivity contribution is 9.11. The highest BCUT2D eigenvalue weighted by atomic mass is 79.9. The van der Waals surface area contributed by atoms with Gasteiger partial charge in [0.2, 0.25) is 0 Å². The monoisotopic (exact) mass is 641 g/mol. The number of ketones is 1. The Hall–Kier alpha value is -2.19. The summed E-state index contributed by atoms with van der Waals surface area (Å²) in [5.74, 6) is -3.47. The quantitative estimate of drug-likeness (QED) is 0.291. The van der Waals surface area contributed by atoms with Crippen molar-refractivity contribution in [1.29, 1.82) is 0 Å². The van der Waals surface area contributed by atoms with Gasteiger partial charge in [0.05, 0.1) is 30.3 Å². The number of benzene rings is 1. The van der Waals surface area contributed by atoms with Crippen molar-refractivity contribution in [1.82, 2.24) is 4.90 Å². The van der Waals surface area contributed by atoms with Gasteiger partial charge in [-0.25, -0.2) is 9.69 Å². The van der Waals surface area contributed by atoms with E-state index in [1.165, 1.54) is 7.11 Å². The summed E-state index contributed by atoms with van der Waals surface area (Å²) in [5.41, 5.74) is 0.0309. The van der Waals surface area contributed by atoms with Crippen LogP contribution < -0.4 is 0 Å². The Kier molecular flexibility index (Phi) is 11.6. The normalized spacial score (nSPS) is 25.7. The fourth-order valence-electron chi connectivity index (χ4n) is 5.18. The van der Waals surface area contributed by atoms with Gasteiger partial charge in [0.25, 0.3) is 5.91 Å². The van der Waals surface area contributed by atoms with Crippen molar-refractivity contribution >= 4 is 33.7 Å². The minimum Gasteiger partial charge on any atom is -0.441 e. The molecule has 3 rings (SSSR count). The van der Waals surface area contributed by atoms with Gasteiger partial charge in [0.15, 0.2) is 23.8 Å². The Morgan fingerprint density at radius 3 is 2.49 bits per heavy atom. The Morgan fingerprint density at radius 2 is 1.88 bits per heavy atom. The third-order valence-electron chi connectivity index (χ3n) is 7.06. The number of carbonyl (C=O) groups is 3. The molecule has 0 unspecified atom stereocenters. The van der Waals surface area contributed by atoms with E-state index >= 15 is 0 Å². The number of carbonyl (C=O) groups excluding carboxylic acids is 3. The van der Waals surface area contributed by atoms with Crippen LogP contribution in [0.25, 0.3) is 0 Å². The first-order valence-corrected chi connectivity index (χ1v) is 14.4. The number of rotatable bonds is 14. The molecule has 1 aromatic carbocycles. The van der Waals surface area contributed by atoms with Crippen molar-refractivity contribution in [3.63, 3.8) is 0 Å². The number of cyclic esters (lactones) is 1. The van der Waals surface area contributed by atoms with Gasteiger partial charge in [-0.3, -0.25) is 9.59 Å². The lowest BCUT2D eigenvalue weighted by Gasteiger charge is -2.38. The third-order valence-corrected chi connectivity index (χ3v) is 7.91. The van der Waals surface area contributed by atoms with Crippen LogP contribution in [0.1, 0.15) is 46.1 Å². The molecule has 0 radical (unpaired) electrons. The van der Waals surface area contributed by atoms with Crippen LogP contribution in [0.2, 0.25) is 0 Å². The lowest BCUT2D eigenvalue weighted by molar-refractivity contribution is -0.227. The zero-order valence-electron chi connectivity index (χ0n) is 24.1. The maximum absolute atomic E-state index is 13.6. The second-order valence-corrected chi connectivity index (χ2v) is 11.9. The van der Waals surface area contributed by atoms with Crippen molar-refractivity contribution in [2.75, 3.05) is 26.9 Å². The van der Waals surface area contributed by atoms with E-state index in [-0.39, 0.29) is 36.6 Å². The van der Waals surface area contributed by atoms with Crippen LogP contribution in [0.5, 0.6) is 0 Å². The van der Waals surface area contributed by atoms with E-state index in [2.05, 4.69) is 15.9 Å². The van der Waals surface area contributed by atoms with Gasteiger partial charge in [-0.2, -0.15) is 0 Å². The lowest BCUT2D eigenvalue weighted by Crippen LogP contribution is -2.58. The maximum atomic E-state index is 13.6. The predicted molar refractivity (Wildman–Crippen MR) is 151 cm³/mol. The van der Waals surface area contributed by atoms with E-state index in [9.17, 15) is 24.6 Å². The van der Waals surface area contributed by atoms with Crippen molar-refractivity contribution in [2.24, 2.45) is 5.92 Å². The van der Waals surface area contributed by atoms with E-state index in [0.29, 0.717) is 13.0 Å². The van der Waals surface area contributed by atoms with Crippen LogP contribution in [0.15, 0.2) is 40.9 Å². The molecule has 0 aromatic heterocycles. The average Bonchev–Trinajstić information content (AvgIpc) is 3.17. The van der Waals surface area contributed by atoms with Crippen LogP contribution in [0, 0.1) is 5.92 Å². The molecule has 1 aromatic rings. The number of amides is 2.